The third-order valence-electron chi connectivity index (χ3n) is 4.83. The standard InChI is InChI=1S/C20H20N4O3S/c1-12-11-28-18(22-12)17-4-3-7-24(17)19(25)14-8-13(16-5-6-21-23-16)9-15(10-14)20(26)27-2/h5-6,8-11,17H,3-4,7H2,1-2H3,(H,21,23). The van der Waals surface area contributed by atoms with Crippen LogP contribution in [0.1, 0.15) is 50.3 Å². The van der Waals surface area contributed by atoms with E-state index < -0.39 is 5.97 Å². The van der Waals surface area contributed by atoms with E-state index in [1.165, 1.54) is 7.11 Å². The van der Waals surface area contributed by atoms with Crippen LogP contribution in [0.15, 0.2) is 35.8 Å². The number of amides is 1. The van der Waals surface area contributed by atoms with Crippen LogP contribution in [-0.4, -0.2) is 45.6 Å². The van der Waals surface area contributed by atoms with E-state index >= 15 is 0 Å². The van der Waals surface area contributed by atoms with Gasteiger partial charge < -0.3 is 9.64 Å². The second-order valence-corrected chi connectivity index (χ2v) is 7.62. The monoisotopic (exact) mass is 396 g/mol. The number of hydrogen-bond donors (Lipinski definition) is 1. The van der Waals surface area contributed by atoms with Crippen LogP contribution in [0, 0.1) is 6.92 Å². The minimum atomic E-state index is -0.486. The lowest BCUT2D eigenvalue weighted by molar-refractivity contribution is 0.0600. The molecule has 1 amide bonds. The van der Waals surface area contributed by atoms with Crippen LogP contribution in [0.5, 0.6) is 0 Å². The van der Waals surface area contributed by atoms with Gasteiger partial charge >= 0.3 is 5.97 Å². The molecule has 28 heavy (non-hydrogen) atoms. The zero-order valence-corrected chi connectivity index (χ0v) is 16.5. The van der Waals surface area contributed by atoms with Gasteiger partial charge in [-0.15, -0.1) is 11.3 Å². The van der Waals surface area contributed by atoms with Crippen molar-refractivity contribution in [1.29, 1.82) is 0 Å². The van der Waals surface area contributed by atoms with Gasteiger partial charge in [0.25, 0.3) is 5.91 Å². The van der Waals surface area contributed by atoms with Gasteiger partial charge in [-0.2, -0.15) is 5.10 Å². The molecule has 1 fully saturated rings. The van der Waals surface area contributed by atoms with Gasteiger partial charge in [0.2, 0.25) is 0 Å². The van der Waals surface area contributed by atoms with Crippen molar-refractivity contribution in [2.45, 2.75) is 25.8 Å². The lowest BCUT2D eigenvalue weighted by atomic mass is 10.0. The number of thiazole rings is 1. The van der Waals surface area contributed by atoms with Crippen molar-refractivity contribution in [3.05, 3.63) is 57.7 Å². The second-order valence-electron chi connectivity index (χ2n) is 6.73. The molecule has 3 heterocycles. The van der Waals surface area contributed by atoms with Gasteiger partial charge in [-0.3, -0.25) is 9.89 Å². The number of ether oxygens (including phenoxy) is 1. The van der Waals surface area contributed by atoms with Gasteiger partial charge in [0.1, 0.15) is 5.01 Å². The molecular formula is C20H20N4O3S. The molecule has 0 radical (unpaired) electrons. The summed E-state index contributed by atoms with van der Waals surface area (Å²) in [5.41, 5.74) is 3.09. The van der Waals surface area contributed by atoms with Crippen molar-refractivity contribution in [2.75, 3.05) is 13.7 Å². The Morgan fingerprint density at radius 2 is 2.11 bits per heavy atom. The number of aryl methyl sites for hydroxylation is 1. The normalized spacial score (nSPS) is 16.4. The van der Waals surface area contributed by atoms with Crippen molar-refractivity contribution >= 4 is 23.2 Å². The van der Waals surface area contributed by atoms with Crippen LogP contribution in [0.2, 0.25) is 0 Å². The number of aromatic nitrogens is 3. The van der Waals surface area contributed by atoms with Crippen LogP contribution < -0.4 is 0 Å². The lowest BCUT2D eigenvalue weighted by Crippen LogP contribution is -2.30. The second kappa shape index (κ2) is 7.55. The molecule has 0 aliphatic carbocycles. The Bertz CT molecular complexity index is 1010. The van der Waals surface area contributed by atoms with Crippen molar-refractivity contribution in [2.24, 2.45) is 0 Å². The van der Waals surface area contributed by atoms with Crippen LogP contribution >= 0.6 is 11.3 Å². The molecule has 7 nitrogen and oxygen atoms in total. The Hall–Kier alpha value is -3.00. The Kier molecular flexibility index (Phi) is 4.95. The van der Waals surface area contributed by atoms with E-state index in [4.69, 9.17) is 4.74 Å². The van der Waals surface area contributed by atoms with Crippen molar-refractivity contribution in [3.8, 4) is 11.3 Å². The highest BCUT2D eigenvalue weighted by atomic mass is 32.1. The van der Waals surface area contributed by atoms with Gasteiger partial charge in [0, 0.05) is 34.9 Å². The van der Waals surface area contributed by atoms with E-state index in [2.05, 4.69) is 15.2 Å². The SMILES string of the molecule is COC(=O)c1cc(C(=O)N2CCCC2c2nc(C)cs2)cc(-c2cc[nH]n2)c1. The average molecular weight is 396 g/mol. The first-order chi connectivity index (χ1) is 13.6. The third-order valence-corrected chi connectivity index (χ3v) is 5.90. The smallest absolute Gasteiger partial charge is 0.337 e. The molecule has 1 aliphatic heterocycles. The molecule has 0 spiro atoms. The lowest BCUT2D eigenvalue weighted by Gasteiger charge is -2.23. The number of carbonyl (C=O) groups excluding carboxylic acids is 2. The summed E-state index contributed by atoms with van der Waals surface area (Å²) in [6.07, 6.45) is 3.52. The molecule has 8 heteroatoms. The highest BCUT2D eigenvalue weighted by Gasteiger charge is 2.33. The molecular weight excluding hydrogens is 376 g/mol. The zero-order chi connectivity index (χ0) is 19.7. The van der Waals surface area contributed by atoms with Crippen LogP contribution in [0.4, 0.5) is 0 Å². The number of esters is 1. The first-order valence-electron chi connectivity index (χ1n) is 9.03. The van der Waals surface area contributed by atoms with Crippen LogP contribution in [0.25, 0.3) is 11.3 Å². The van der Waals surface area contributed by atoms with Crippen molar-refractivity contribution in [1.82, 2.24) is 20.1 Å². The molecule has 3 aromatic rings. The number of carbonyl (C=O) groups is 2. The minimum absolute atomic E-state index is 0.0261. The highest BCUT2D eigenvalue weighted by Crippen LogP contribution is 2.35. The van der Waals surface area contributed by atoms with Gasteiger partial charge in [-0.25, -0.2) is 9.78 Å². The van der Waals surface area contributed by atoms with Crippen molar-refractivity contribution in [3.63, 3.8) is 0 Å². The fourth-order valence-corrected chi connectivity index (χ4v) is 4.46. The van der Waals surface area contributed by atoms with Gasteiger partial charge in [-0.05, 0) is 44.0 Å². The number of hydrogen-bond acceptors (Lipinski definition) is 6. The molecule has 1 unspecified atom stereocenters. The number of methoxy groups -OCH3 is 1. The first kappa shape index (κ1) is 18.4. The van der Waals surface area contributed by atoms with Gasteiger partial charge in [-0.1, -0.05) is 0 Å². The zero-order valence-electron chi connectivity index (χ0n) is 15.6. The summed E-state index contributed by atoms with van der Waals surface area (Å²) in [6, 6.07) is 6.81. The van der Waals surface area contributed by atoms with Crippen LogP contribution in [-0.2, 0) is 4.74 Å². The fourth-order valence-electron chi connectivity index (χ4n) is 3.51. The first-order valence-corrected chi connectivity index (χ1v) is 9.91. The topological polar surface area (TPSA) is 88.2 Å². The van der Waals surface area contributed by atoms with Crippen LogP contribution in [0.3, 0.4) is 0 Å². The third kappa shape index (κ3) is 3.43. The van der Waals surface area contributed by atoms with E-state index in [0.717, 1.165) is 23.5 Å². The summed E-state index contributed by atoms with van der Waals surface area (Å²) in [6.45, 7) is 2.62. The Morgan fingerprint density at radius 1 is 1.29 bits per heavy atom. The van der Waals surface area contributed by atoms with Gasteiger partial charge in [0.15, 0.2) is 0 Å². The number of aromatic amines is 1. The molecule has 2 aromatic heterocycles. The highest BCUT2D eigenvalue weighted by molar-refractivity contribution is 7.09. The molecule has 4 rings (SSSR count). The minimum Gasteiger partial charge on any atom is -0.465 e. The maximum Gasteiger partial charge on any atom is 0.337 e. The average Bonchev–Trinajstić information content (AvgIpc) is 3.47. The number of likely N-dealkylation sites (tertiary alicyclic amines) is 1. The summed E-state index contributed by atoms with van der Waals surface area (Å²) in [5.74, 6) is -0.599. The molecule has 1 N–H and O–H groups in total. The number of benzene rings is 1. The maximum atomic E-state index is 13.3. The molecule has 1 aliphatic rings. The predicted molar refractivity (Wildman–Crippen MR) is 105 cm³/mol. The number of nitrogens with zero attached hydrogens (tertiary/aromatic N) is 3. The predicted octanol–water partition coefficient (Wildman–Crippen LogP) is 3.61. The number of rotatable bonds is 4. The summed E-state index contributed by atoms with van der Waals surface area (Å²) < 4.78 is 4.86. The van der Waals surface area contributed by atoms with E-state index in [0.29, 0.717) is 28.9 Å². The van der Waals surface area contributed by atoms with Crippen molar-refractivity contribution < 1.29 is 14.3 Å². The Morgan fingerprint density at radius 3 is 2.79 bits per heavy atom. The molecule has 0 bridgehead atoms. The Labute approximate surface area is 166 Å². The Balaban J connectivity index is 1.71. The molecule has 1 atom stereocenters. The summed E-state index contributed by atoms with van der Waals surface area (Å²) >= 11 is 1.58. The number of nitrogens with one attached hydrogen (secondary N) is 1. The maximum absolute atomic E-state index is 13.3. The van der Waals surface area contributed by atoms with E-state index in [1.807, 2.05) is 17.2 Å². The van der Waals surface area contributed by atoms with E-state index in [9.17, 15) is 9.59 Å². The quantitative estimate of drug-likeness (QED) is 0.681. The van der Waals surface area contributed by atoms with E-state index in [1.54, 1.807) is 41.8 Å². The van der Waals surface area contributed by atoms with Gasteiger partial charge in [0.05, 0.1) is 24.4 Å². The fraction of sp³-hybridized carbons (Fsp3) is 0.300. The number of H-pyrrole nitrogens is 1. The summed E-state index contributed by atoms with van der Waals surface area (Å²) in [7, 11) is 1.33. The summed E-state index contributed by atoms with van der Waals surface area (Å²) in [4.78, 5) is 31.9. The molecule has 144 valence electrons. The van der Waals surface area contributed by atoms with E-state index in [-0.39, 0.29) is 11.9 Å². The summed E-state index contributed by atoms with van der Waals surface area (Å²) in [5, 5.41) is 9.88. The molecule has 1 aromatic carbocycles. The molecule has 1 saturated heterocycles. The largest absolute Gasteiger partial charge is 0.465 e. The molecule has 0 saturated carbocycles.